The highest BCUT2D eigenvalue weighted by molar-refractivity contribution is 6.31. The Balaban J connectivity index is 1.28. The third kappa shape index (κ3) is 8.38. The average molecular weight is 594 g/mol. The van der Waals surface area contributed by atoms with E-state index in [2.05, 4.69) is 10.2 Å². The zero-order chi connectivity index (χ0) is 29.1. The molecule has 2 aliphatic heterocycles. The maximum atomic E-state index is 13.6. The highest BCUT2D eigenvalue weighted by Crippen LogP contribution is 2.36. The predicted octanol–water partition coefficient (Wildman–Crippen LogP) is 5.49. The molecule has 1 N–H and O–H groups in total. The number of carbonyl (C=O) groups excluding carboxylic acids is 2. The molecule has 2 aliphatic rings. The van der Waals surface area contributed by atoms with Gasteiger partial charge in [0.05, 0.1) is 25.5 Å². The van der Waals surface area contributed by atoms with Gasteiger partial charge < -0.3 is 34.1 Å². The molecule has 0 aromatic heterocycles. The van der Waals surface area contributed by atoms with Gasteiger partial charge in [0.2, 0.25) is 5.91 Å². The summed E-state index contributed by atoms with van der Waals surface area (Å²) in [7, 11) is 0. The number of para-hydroxylation sites is 2. The summed E-state index contributed by atoms with van der Waals surface area (Å²) in [5, 5.41) is 3.28. The fraction of sp³-hybridized carbons (Fsp3) is 0.375. The van der Waals surface area contributed by atoms with E-state index in [1.165, 1.54) is 17.7 Å². The second-order valence-corrected chi connectivity index (χ2v) is 10.6. The Hall–Kier alpha value is -3.79. The minimum Gasteiger partial charge on any atom is -0.494 e. The maximum Gasteiger partial charge on any atom is 0.254 e. The lowest BCUT2D eigenvalue weighted by atomic mass is 10.2. The van der Waals surface area contributed by atoms with Crippen LogP contribution >= 0.6 is 11.6 Å². The van der Waals surface area contributed by atoms with Crippen molar-refractivity contribution in [2.45, 2.75) is 19.3 Å². The molecule has 2 heterocycles. The molecule has 0 radical (unpaired) electrons. The van der Waals surface area contributed by atoms with Crippen molar-refractivity contribution in [2.24, 2.45) is 0 Å². The lowest BCUT2D eigenvalue weighted by Crippen LogP contribution is -2.40. The van der Waals surface area contributed by atoms with E-state index in [4.69, 9.17) is 30.5 Å². The van der Waals surface area contributed by atoms with Crippen molar-refractivity contribution in [3.8, 4) is 23.0 Å². The van der Waals surface area contributed by atoms with Crippen LogP contribution in [-0.2, 0) is 9.53 Å². The van der Waals surface area contributed by atoms with E-state index >= 15 is 0 Å². The van der Waals surface area contributed by atoms with Crippen molar-refractivity contribution in [1.82, 2.24) is 9.80 Å². The quantitative estimate of drug-likeness (QED) is 0.378. The largest absolute Gasteiger partial charge is 0.494 e. The summed E-state index contributed by atoms with van der Waals surface area (Å²) in [5.74, 6) is 1.34. The summed E-state index contributed by atoms with van der Waals surface area (Å²) >= 11 is 6.24. The number of carbonyl (C=O) groups is 2. The topological polar surface area (TPSA) is 89.6 Å². The van der Waals surface area contributed by atoms with Gasteiger partial charge in [-0.2, -0.15) is 0 Å². The first kappa shape index (κ1) is 29.7. The number of benzene rings is 3. The molecule has 3 aromatic carbocycles. The molecular formula is C32H36ClN3O6. The number of nitrogens with one attached hydrogen (secondary N) is 1. The first-order chi connectivity index (χ1) is 20.5. The van der Waals surface area contributed by atoms with Crippen LogP contribution in [0.4, 0.5) is 5.69 Å². The molecule has 0 unspecified atom stereocenters. The van der Waals surface area contributed by atoms with Gasteiger partial charge in [0.25, 0.3) is 5.91 Å². The van der Waals surface area contributed by atoms with Crippen molar-refractivity contribution in [3.05, 3.63) is 77.3 Å². The van der Waals surface area contributed by atoms with Crippen LogP contribution in [0.25, 0.3) is 0 Å². The normalized spacial score (nSPS) is 16.6. The van der Waals surface area contributed by atoms with E-state index in [9.17, 15) is 9.59 Å². The molecule has 1 fully saturated rings. The number of amides is 2. The molecule has 222 valence electrons. The zero-order valence-corrected chi connectivity index (χ0v) is 24.3. The number of hydrogen-bond donors (Lipinski definition) is 1. The van der Waals surface area contributed by atoms with Gasteiger partial charge in [-0.25, -0.2) is 0 Å². The van der Waals surface area contributed by atoms with Crippen LogP contribution < -0.4 is 19.5 Å². The molecule has 3 aromatic rings. The molecule has 5 rings (SSSR count). The summed E-state index contributed by atoms with van der Waals surface area (Å²) in [6.45, 7) is 4.74. The van der Waals surface area contributed by atoms with E-state index in [-0.39, 0.29) is 32.2 Å². The first-order valence-electron chi connectivity index (χ1n) is 14.4. The van der Waals surface area contributed by atoms with Gasteiger partial charge in [-0.3, -0.25) is 9.59 Å². The Morgan fingerprint density at radius 1 is 0.905 bits per heavy atom. The fourth-order valence-electron chi connectivity index (χ4n) is 4.95. The van der Waals surface area contributed by atoms with E-state index in [0.717, 1.165) is 26.1 Å². The zero-order valence-electron chi connectivity index (χ0n) is 23.6. The first-order valence-corrected chi connectivity index (χ1v) is 14.7. The highest BCUT2D eigenvalue weighted by atomic mass is 35.5. The highest BCUT2D eigenvalue weighted by Gasteiger charge is 2.21. The standard InChI is InChI=1S/C32H36ClN3O6/c33-25-11-12-28-27(22-25)34-31(37)23-36(16-18-39-19-20-41-29-9-1-2-10-30(29)42-28)32(38)24-7-5-8-26(21-24)40-17-6-15-35-13-3-4-14-35/h1-2,5,7-12,21-22H,3-4,6,13-20,23H2,(H,34,37). The van der Waals surface area contributed by atoms with Gasteiger partial charge in [0, 0.05) is 23.7 Å². The van der Waals surface area contributed by atoms with Crippen LogP contribution in [0, 0.1) is 0 Å². The number of hydrogen-bond acceptors (Lipinski definition) is 7. The molecule has 0 bridgehead atoms. The molecule has 10 heteroatoms. The van der Waals surface area contributed by atoms with E-state index in [1.807, 2.05) is 18.2 Å². The molecular weight excluding hydrogens is 558 g/mol. The molecule has 2 amide bonds. The molecule has 0 saturated carbocycles. The van der Waals surface area contributed by atoms with E-state index in [0.29, 0.717) is 52.5 Å². The smallest absolute Gasteiger partial charge is 0.254 e. The SMILES string of the molecule is O=C1CN(C(=O)c2cccc(OCCCN3CCCC3)c2)CCOCCOc2ccccc2Oc2ccc(Cl)cc2N1. The number of anilines is 1. The molecule has 0 spiro atoms. The summed E-state index contributed by atoms with van der Waals surface area (Å²) in [4.78, 5) is 30.7. The fourth-order valence-corrected chi connectivity index (χ4v) is 5.12. The number of nitrogens with zero attached hydrogens (tertiary/aromatic N) is 2. The summed E-state index contributed by atoms with van der Waals surface area (Å²) in [6, 6.07) is 19.3. The molecule has 0 aliphatic carbocycles. The number of ether oxygens (including phenoxy) is 4. The lowest BCUT2D eigenvalue weighted by Gasteiger charge is -2.23. The van der Waals surface area contributed by atoms with Crippen molar-refractivity contribution < 1.29 is 28.5 Å². The van der Waals surface area contributed by atoms with Gasteiger partial charge >= 0.3 is 0 Å². The summed E-state index contributed by atoms with van der Waals surface area (Å²) in [5.41, 5.74) is 0.813. The second-order valence-electron chi connectivity index (χ2n) is 10.2. The van der Waals surface area contributed by atoms with E-state index in [1.54, 1.807) is 48.5 Å². The van der Waals surface area contributed by atoms with Gasteiger partial charge in [-0.05, 0) is 80.9 Å². The average Bonchev–Trinajstić information content (AvgIpc) is 3.51. The van der Waals surface area contributed by atoms with Crippen LogP contribution in [-0.4, -0.2) is 80.8 Å². The molecule has 9 nitrogen and oxygen atoms in total. The molecule has 42 heavy (non-hydrogen) atoms. The minimum absolute atomic E-state index is 0.192. The van der Waals surface area contributed by atoms with Crippen LogP contribution in [0.3, 0.4) is 0 Å². The van der Waals surface area contributed by atoms with Gasteiger partial charge in [-0.1, -0.05) is 29.8 Å². The third-order valence-electron chi connectivity index (χ3n) is 7.06. The van der Waals surface area contributed by atoms with Crippen molar-refractivity contribution >= 4 is 29.1 Å². The third-order valence-corrected chi connectivity index (χ3v) is 7.30. The van der Waals surface area contributed by atoms with E-state index < -0.39 is 5.91 Å². The van der Waals surface area contributed by atoms with Crippen molar-refractivity contribution in [2.75, 3.05) is 64.5 Å². The summed E-state index contributed by atoms with van der Waals surface area (Å²) in [6.07, 6.45) is 3.45. The molecule has 1 saturated heterocycles. The Labute approximate surface area is 251 Å². The van der Waals surface area contributed by atoms with Gasteiger partial charge in [0.1, 0.15) is 18.9 Å². The monoisotopic (exact) mass is 593 g/mol. The Kier molecular flexibility index (Phi) is 10.5. The van der Waals surface area contributed by atoms with Crippen LogP contribution in [0.5, 0.6) is 23.0 Å². The Morgan fingerprint density at radius 2 is 1.74 bits per heavy atom. The van der Waals surface area contributed by atoms with Gasteiger partial charge in [-0.15, -0.1) is 0 Å². The number of likely N-dealkylation sites (tertiary alicyclic amines) is 1. The van der Waals surface area contributed by atoms with Crippen LogP contribution in [0.2, 0.25) is 5.02 Å². The lowest BCUT2D eigenvalue weighted by molar-refractivity contribution is -0.117. The Morgan fingerprint density at radius 3 is 2.60 bits per heavy atom. The minimum atomic E-state index is -0.399. The number of halogens is 1. The number of fused-ring (bicyclic) bond motifs is 2. The summed E-state index contributed by atoms with van der Waals surface area (Å²) < 4.78 is 23.7. The van der Waals surface area contributed by atoms with Crippen LogP contribution in [0.15, 0.2) is 66.7 Å². The van der Waals surface area contributed by atoms with Crippen molar-refractivity contribution in [3.63, 3.8) is 0 Å². The predicted molar refractivity (Wildman–Crippen MR) is 161 cm³/mol. The number of rotatable bonds is 6. The second kappa shape index (κ2) is 14.9. The molecule has 0 atom stereocenters. The van der Waals surface area contributed by atoms with Crippen LogP contribution in [0.1, 0.15) is 29.6 Å². The van der Waals surface area contributed by atoms with Gasteiger partial charge in [0.15, 0.2) is 17.2 Å². The maximum absolute atomic E-state index is 13.6. The van der Waals surface area contributed by atoms with Crippen molar-refractivity contribution in [1.29, 1.82) is 0 Å². The Bertz CT molecular complexity index is 1360.